The molecular formula is C20H35Cl2N3O. The number of hydrogen-bond acceptors (Lipinski definition) is 3. The van der Waals surface area contributed by atoms with Crippen molar-refractivity contribution < 1.29 is 4.79 Å². The summed E-state index contributed by atoms with van der Waals surface area (Å²) in [4.78, 5) is 14.9. The van der Waals surface area contributed by atoms with E-state index < -0.39 is 0 Å². The van der Waals surface area contributed by atoms with Crippen LogP contribution in [0.3, 0.4) is 0 Å². The van der Waals surface area contributed by atoms with Crippen molar-refractivity contribution >= 4 is 36.4 Å². The highest BCUT2D eigenvalue weighted by Crippen LogP contribution is 2.25. The molecule has 0 radical (unpaired) electrons. The van der Waals surface area contributed by atoms with Gasteiger partial charge in [0.2, 0.25) is 0 Å². The molecule has 1 amide bonds. The Morgan fingerprint density at radius 3 is 2.23 bits per heavy atom. The Morgan fingerprint density at radius 1 is 1.15 bits per heavy atom. The molecule has 3 N–H and O–H groups in total. The molecule has 1 aliphatic heterocycles. The quantitative estimate of drug-likeness (QED) is 0.760. The summed E-state index contributed by atoms with van der Waals surface area (Å²) in [6, 6.07) is 6.57. The van der Waals surface area contributed by atoms with E-state index in [9.17, 15) is 4.79 Å². The molecule has 0 aromatic heterocycles. The molecule has 4 nitrogen and oxygen atoms in total. The molecule has 6 heteroatoms. The summed E-state index contributed by atoms with van der Waals surface area (Å²) in [5, 5.41) is 3.54. The average molecular weight is 404 g/mol. The maximum Gasteiger partial charge on any atom is 0.254 e. The van der Waals surface area contributed by atoms with Gasteiger partial charge in [-0.25, -0.2) is 0 Å². The second-order valence-corrected chi connectivity index (χ2v) is 7.64. The van der Waals surface area contributed by atoms with Gasteiger partial charge in [0.15, 0.2) is 0 Å². The zero-order valence-electron chi connectivity index (χ0n) is 16.6. The number of anilines is 1. The minimum Gasteiger partial charge on any atom is -0.382 e. The molecule has 0 spiro atoms. The van der Waals surface area contributed by atoms with Crippen molar-refractivity contribution in [3.8, 4) is 0 Å². The first kappa shape index (κ1) is 25.0. The molecule has 2 rings (SSSR count). The number of nitrogens with one attached hydrogen (secondary N) is 1. The van der Waals surface area contributed by atoms with Gasteiger partial charge in [0, 0.05) is 36.4 Å². The topological polar surface area (TPSA) is 58.4 Å². The second kappa shape index (κ2) is 11.0. The summed E-state index contributed by atoms with van der Waals surface area (Å²) < 4.78 is 0. The molecule has 1 aromatic carbocycles. The highest BCUT2D eigenvalue weighted by molar-refractivity contribution is 5.97. The van der Waals surface area contributed by atoms with E-state index in [0.717, 1.165) is 42.7 Å². The summed E-state index contributed by atoms with van der Waals surface area (Å²) in [6.45, 7) is 12.3. The fourth-order valence-corrected chi connectivity index (χ4v) is 3.23. The van der Waals surface area contributed by atoms with E-state index in [-0.39, 0.29) is 36.8 Å². The van der Waals surface area contributed by atoms with Crippen LogP contribution in [0.5, 0.6) is 0 Å². The van der Waals surface area contributed by atoms with E-state index >= 15 is 0 Å². The number of nitrogens with zero attached hydrogens (tertiary/aromatic N) is 1. The summed E-state index contributed by atoms with van der Waals surface area (Å²) >= 11 is 0. The summed E-state index contributed by atoms with van der Waals surface area (Å²) in [7, 11) is 0. The van der Waals surface area contributed by atoms with Crippen LogP contribution in [-0.2, 0) is 0 Å². The number of amides is 1. The third kappa shape index (κ3) is 6.04. The van der Waals surface area contributed by atoms with Crippen LogP contribution >= 0.6 is 24.8 Å². The number of carbonyl (C=O) groups excluding carboxylic acids is 1. The Hall–Kier alpha value is -0.970. The van der Waals surface area contributed by atoms with Gasteiger partial charge >= 0.3 is 0 Å². The first-order valence-electron chi connectivity index (χ1n) is 9.22. The Morgan fingerprint density at radius 2 is 1.73 bits per heavy atom. The molecule has 1 fully saturated rings. The maximum absolute atomic E-state index is 12.9. The van der Waals surface area contributed by atoms with Gasteiger partial charge < -0.3 is 16.0 Å². The van der Waals surface area contributed by atoms with E-state index in [4.69, 9.17) is 5.73 Å². The van der Waals surface area contributed by atoms with Gasteiger partial charge in [-0.1, -0.05) is 19.9 Å². The molecule has 1 aliphatic rings. The lowest BCUT2D eigenvalue weighted by atomic mass is 9.90. The van der Waals surface area contributed by atoms with E-state index in [2.05, 4.69) is 39.1 Å². The summed E-state index contributed by atoms with van der Waals surface area (Å²) in [5.41, 5.74) is 8.93. The number of halogens is 2. The summed E-state index contributed by atoms with van der Waals surface area (Å²) in [6.07, 6.45) is 2.01. The van der Waals surface area contributed by atoms with Crippen LogP contribution in [0.2, 0.25) is 0 Å². The van der Waals surface area contributed by atoms with E-state index in [1.165, 1.54) is 0 Å². The summed E-state index contributed by atoms with van der Waals surface area (Å²) in [5.74, 6) is 1.23. The van der Waals surface area contributed by atoms with Gasteiger partial charge in [0.25, 0.3) is 5.91 Å². The molecule has 1 aromatic rings. The number of carbonyl (C=O) groups is 1. The third-order valence-electron chi connectivity index (χ3n) is 5.52. The standard InChI is InChI=1S/C20H33N3O.2ClH/c1-13(2)16(5)22-19-8-6-7-18(14(19)3)20(24)23-11-9-17(10-12-23)15(4)21;;/h6-8,13,15-17,22H,9-12,21H2,1-5H3;2*1H. The fraction of sp³-hybridized carbons (Fsp3) is 0.650. The van der Waals surface area contributed by atoms with Crippen LogP contribution in [0.4, 0.5) is 5.69 Å². The monoisotopic (exact) mass is 403 g/mol. The van der Waals surface area contributed by atoms with Crippen LogP contribution in [0.1, 0.15) is 56.5 Å². The number of hydrogen-bond donors (Lipinski definition) is 2. The van der Waals surface area contributed by atoms with Gasteiger partial charge in [-0.15, -0.1) is 24.8 Å². The number of rotatable bonds is 5. The van der Waals surface area contributed by atoms with E-state index in [1.807, 2.05) is 24.0 Å². The number of nitrogens with two attached hydrogens (primary N) is 1. The Labute approximate surface area is 171 Å². The van der Waals surface area contributed by atoms with Gasteiger partial charge in [-0.05, 0) is 63.1 Å². The van der Waals surface area contributed by atoms with Crippen LogP contribution in [0, 0.1) is 18.8 Å². The SMILES string of the molecule is Cc1c(NC(C)C(C)C)cccc1C(=O)N1CCC(C(C)N)CC1.Cl.Cl. The minimum atomic E-state index is 0. The van der Waals surface area contributed by atoms with Crippen molar-refractivity contribution in [3.05, 3.63) is 29.3 Å². The van der Waals surface area contributed by atoms with Crippen LogP contribution in [0.15, 0.2) is 18.2 Å². The third-order valence-corrected chi connectivity index (χ3v) is 5.52. The molecule has 0 aliphatic carbocycles. The Bertz CT molecular complexity index is 570. The molecule has 0 saturated carbocycles. The van der Waals surface area contributed by atoms with Crippen LogP contribution in [-0.4, -0.2) is 36.0 Å². The number of piperidine rings is 1. The maximum atomic E-state index is 12.9. The van der Waals surface area contributed by atoms with Crippen molar-refractivity contribution in [2.45, 2.75) is 59.5 Å². The average Bonchev–Trinajstić information content (AvgIpc) is 2.56. The predicted molar refractivity (Wildman–Crippen MR) is 116 cm³/mol. The van der Waals surface area contributed by atoms with Crippen molar-refractivity contribution in [2.24, 2.45) is 17.6 Å². The molecule has 2 unspecified atom stereocenters. The minimum absolute atomic E-state index is 0. The first-order valence-corrected chi connectivity index (χ1v) is 9.22. The van der Waals surface area contributed by atoms with Crippen LogP contribution < -0.4 is 11.1 Å². The van der Waals surface area contributed by atoms with E-state index in [1.54, 1.807) is 0 Å². The van der Waals surface area contributed by atoms with Crippen molar-refractivity contribution in [2.75, 3.05) is 18.4 Å². The van der Waals surface area contributed by atoms with Gasteiger partial charge in [-0.3, -0.25) is 4.79 Å². The molecule has 26 heavy (non-hydrogen) atoms. The normalized spacial score (nSPS) is 17.1. The lowest BCUT2D eigenvalue weighted by Crippen LogP contribution is -2.42. The van der Waals surface area contributed by atoms with Crippen molar-refractivity contribution in [1.82, 2.24) is 4.90 Å². The van der Waals surface area contributed by atoms with E-state index in [0.29, 0.717) is 17.9 Å². The smallest absolute Gasteiger partial charge is 0.254 e. The lowest BCUT2D eigenvalue weighted by Gasteiger charge is -2.34. The fourth-order valence-electron chi connectivity index (χ4n) is 3.23. The number of likely N-dealkylation sites (tertiary alicyclic amines) is 1. The highest BCUT2D eigenvalue weighted by atomic mass is 35.5. The van der Waals surface area contributed by atoms with Crippen LogP contribution in [0.25, 0.3) is 0 Å². The molecule has 2 atom stereocenters. The largest absolute Gasteiger partial charge is 0.382 e. The van der Waals surface area contributed by atoms with Gasteiger partial charge in [0.1, 0.15) is 0 Å². The molecule has 150 valence electrons. The van der Waals surface area contributed by atoms with Crippen molar-refractivity contribution in [3.63, 3.8) is 0 Å². The molecule has 1 heterocycles. The number of benzene rings is 1. The molecule has 1 saturated heterocycles. The highest BCUT2D eigenvalue weighted by Gasteiger charge is 2.26. The Kier molecular flexibility index (Phi) is 10.6. The zero-order valence-corrected chi connectivity index (χ0v) is 18.3. The second-order valence-electron chi connectivity index (χ2n) is 7.64. The van der Waals surface area contributed by atoms with Gasteiger partial charge in [0.05, 0.1) is 0 Å². The zero-order chi connectivity index (χ0) is 17.9. The van der Waals surface area contributed by atoms with Crippen molar-refractivity contribution in [1.29, 1.82) is 0 Å². The first-order chi connectivity index (χ1) is 11.3. The lowest BCUT2D eigenvalue weighted by molar-refractivity contribution is 0.0680. The Balaban J connectivity index is 0.00000312. The molecule has 0 bridgehead atoms. The van der Waals surface area contributed by atoms with Gasteiger partial charge in [-0.2, -0.15) is 0 Å². The molecular weight excluding hydrogens is 369 g/mol. The predicted octanol–water partition coefficient (Wildman–Crippen LogP) is 4.49.